The van der Waals surface area contributed by atoms with Gasteiger partial charge in [0.05, 0.1) is 11.9 Å². The second kappa shape index (κ2) is 9.79. The second-order valence-electron chi connectivity index (χ2n) is 10.4. The van der Waals surface area contributed by atoms with E-state index in [2.05, 4.69) is 83.4 Å². The quantitative estimate of drug-likeness (QED) is 0.308. The number of nitrogens with zero attached hydrogens (tertiary/aromatic N) is 4. The fraction of sp³-hybridized carbons (Fsp3) is 0.355. The Labute approximate surface area is 208 Å². The van der Waals surface area contributed by atoms with Crippen molar-refractivity contribution >= 4 is 0 Å². The first-order chi connectivity index (χ1) is 17.2. The highest BCUT2D eigenvalue weighted by molar-refractivity contribution is 5.80. The number of aromatic nitrogens is 3. The Morgan fingerprint density at radius 1 is 0.886 bits per heavy atom. The number of benzene rings is 2. The number of hydrogen-bond acceptors (Lipinski definition) is 3. The van der Waals surface area contributed by atoms with Crippen molar-refractivity contribution in [3.8, 4) is 22.4 Å². The third-order valence-electron chi connectivity index (χ3n) is 7.73. The van der Waals surface area contributed by atoms with Crippen LogP contribution in [0.4, 0.5) is 0 Å². The standard InChI is InChI=1S/C31H34N4/c1-23-11-14-30(29-18-32-35(22-29)19-25-9-5-6-10-25)31(33-23)26-12-13-27-20-34(21-28(27)17-26)16-15-24-7-3-2-4-8-24/h2-4,7-8,11-14,17-18,22,25H,5-6,9-10,15-16,19-21H2,1H3. The zero-order chi connectivity index (χ0) is 23.6. The van der Waals surface area contributed by atoms with Crippen molar-refractivity contribution in [3.63, 3.8) is 0 Å². The van der Waals surface area contributed by atoms with E-state index in [9.17, 15) is 0 Å². The van der Waals surface area contributed by atoms with E-state index < -0.39 is 0 Å². The molecule has 1 saturated carbocycles. The van der Waals surface area contributed by atoms with Crippen LogP contribution in [0.5, 0.6) is 0 Å². The van der Waals surface area contributed by atoms with Crippen molar-refractivity contribution in [3.05, 3.63) is 95.4 Å². The van der Waals surface area contributed by atoms with Gasteiger partial charge in [0.2, 0.25) is 0 Å². The number of hydrogen-bond donors (Lipinski definition) is 0. The summed E-state index contributed by atoms with van der Waals surface area (Å²) in [6.07, 6.45) is 10.7. The number of aryl methyl sites for hydroxylation is 1. The molecule has 1 aliphatic heterocycles. The number of rotatable bonds is 7. The fourth-order valence-corrected chi connectivity index (χ4v) is 5.77. The average Bonchev–Trinajstić information content (AvgIpc) is 3.64. The van der Waals surface area contributed by atoms with Crippen molar-refractivity contribution < 1.29 is 0 Å². The van der Waals surface area contributed by atoms with E-state index in [0.717, 1.165) is 55.5 Å². The lowest BCUT2D eigenvalue weighted by Gasteiger charge is -2.14. The molecule has 0 amide bonds. The molecule has 2 aliphatic rings. The van der Waals surface area contributed by atoms with Gasteiger partial charge in [-0.15, -0.1) is 0 Å². The van der Waals surface area contributed by atoms with Crippen LogP contribution in [0.1, 0.15) is 48.1 Å². The summed E-state index contributed by atoms with van der Waals surface area (Å²) in [5, 5.41) is 4.71. The minimum absolute atomic E-state index is 0.778. The molecule has 0 radical (unpaired) electrons. The first-order valence-electron chi connectivity index (χ1n) is 13.1. The highest BCUT2D eigenvalue weighted by Gasteiger charge is 2.21. The van der Waals surface area contributed by atoms with E-state index in [1.165, 1.54) is 53.5 Å². The zero-order valence-corrected chi connectivity index (χ0v) is 20.7. The molecule has 0 atom stereocenters. The molecule has 0 saturated heterocycles. The summed E-state index contributed by atoms with van der Waals surface area (Å²) in [7, 11) is 0. The largest absolute Gasteiger partial charge is 0.294 e. The molecule has 0 spiro atoms. The highest BCUT2D eigenvalue weighted by Crippen LogP contribution is 2.34. The Morgan fingerprint density at radius 3 is 2.57 bits per heavy atom. The molecule has 3 heterocycles. The molecular weight excluding hydrogens is 428 g/mol. The molecule has 178 valence electrons. The SMILES string of the molecule is Cc1ccc(-c2cnn(CC3CCCC3)c2)c(-c2ccc3c(c2)CN(CCc2ccccc2)C3)n1. The Hall–Kier alpha value is -3.24. The van der Waals surface area contributed by atoms with Crippen molar-refractivity contribution in [2.75, 3.05) is 6.54 Å². The van der Waals surface area contributed by atoms with Crippen molar-refractivity contribution in [2.24, 2.45) is 5.92 Å². The first kappa shape index (κ1) is 22.2. The fourth-order valence-electron chi connectivity index (χ4n) is 5.77. The Kier molecular flexibility index (Phi) is 6.22. The van der Waals surface area contributed by atoms with Crippen LogP contribution in [0.25, 0.3) is 22.4 Å². The van der Waals surface area contributed by atoms with Gasteiger partial charge in [-0.05, 0) is 60.9 Å². The highest BCUT2D eigenvalue weighted by atomic mass is 15.3. The third-order valence-corrected chi connectivity index (χ3v) is 7.73. The molecule has 4 nitrogen and oxygen atoms in total. The van der Waals surface area contributed by atoms with Gasteiger partial charge in [0, 0.05) is 54.8 Å². The van der Waals surface area contributed by atoms with Gasteiger partial charge in [0.25, 0.3) is 0 Å². The second-order valence-corrected chi connectivity index (χ2v) is 10.4. The van der Waals surface area contributed by atoms with E-state index in [0.29, 0.717) is 0 Å². The third kappa shape index (κ3) is 4.94. The molecular formula is C31H34N4. The van der Waals surface area contributed by atoms with Gasteiger partial charge in [-0.3, -0.25) is 14.6 Å². The molecule has 1 aliphatic carbocycles. The summed E-state index contributed by atoms with van der Waals surface area (Å²) < 4.78 is 2.14. The first-order valence-corrected chi connectivity index (χ1v) is 13.1. The molecule has 4 aromatic rings. The molecule has 4 heteroatoms. The molecule has 1 fully saturated rings. The number of fused-ring (bicyclic) bond motifs is 1. The van der Waals surface area contributed by atoms with Gasteiger partial charge in [-0.1, -0.05) is 61.4 Å². The Morgan fingerprint density at radius 2 is 1.71 bits per heavy atom. The summed E-state index contributed by atoms with van der Waals surface area (Å²) in [4.78, 5) is 7.56. The van der Waals surface area contributed by atoms with E-state index in [4.69, 9.17) is 10.1 Å². The maximum absolute atomic E-state index is 5.00. The minimum Gasteiger partial charge on any atom is -0.294 e. The van der Waals surface area contributed by atoms with Crippen LogP contribution in [0.15, 0.2) is 73.1 Å². The van der Waals surface area contributed by atoms with E-state index in [-0.39, 0.29) is 0 Å². The van der Waals surface area contributed by atoms with Gasteiger partial charge in [-0.2, -0.15) is 5.10 Å². The summed E-state index contributed by atoms with van der Waals surface area (Å²) in [5.74, 6) is 0.778. The Bertz CT molecular complexity index is 1300. The molecule has 2 aromatic carbocycles. The molecule has 0 bridgehead atoms. The summed E-state index contributed by atoms with van der Waals surface area (Å²) >= 11 is 0. The van der Waals surface area contributed by atoms with Crippen LogP contribution < -0.4 is 0 Å². The van der Waals surface area contributed by atoms with Crippen LogP contribution in [-0.2, 0) is 26.1 Å². The molecule has 0 unspecified atom stereocenters. The monoisotopic (exact) mass is 462 g/mol. The van der Waals surface area contributed by atoms with Crippen molar-refractivity contribution in [1.82, 2.24) is 19.7 Å². The summed E-state index contributed by atoms with van der Waals surface area (Å²) in [6, 6.07) is 22.1. The number of pyridine rings is 1. The van der Waals surface area contributed by atoms with E-state index >= 15 is 0 Å². The Balaban J connectivity index is 1.22. The van der Waals surface area contributed by atoms with E-state index in [1.807, 2.05) is 6.20 Å². The van der Waals surface area contributed by atoms with Crippen LogP contribution >= 0.6 is 0 Å². The summed E-state index contributed by atoms with van der Waals surface area (Å²) in [6.45, 7) is 6.24. The van der Waals surface area contributed by atoms with Crippen molar-refractivity contribution in [2.45, 2.75) is 58.7 Å². The van der Waals surface area contributed by atoms with Gasteiger partial charge in [0.15, 0.2) is 0 Å². The van der Waals surface area contributed by atoms with Crippen molar-refractivity contribution in [1.29, 1.82) is 0 Å². The summed E-state index contributed by atoms with van der Waals surface area (Å²) in [5.41, 5.74) is 9.94. The topological polar surface area (TPSA) is 34.0 Å². The maximum Gasteiger partial charge on any atom is 0.0784 e. The van der Waals surface area contributed by atoms with Gasteiger partial charge in [-0.25, -0.2) is 0 Å². The lowest BCUT2D eigenvalue weighted by Crippen LogP contribution is -2.19. The van der Waals surface area contributed by atoms with Gasteiger partial charge >= 0.3 is 0 Å². The molecule has 0 N–H and O–H groups in total. The van der Waals surface area contributed by atoms with Gasteiger partial charge in [0.1, 0.15) is 0 Å². The zero-order valence-electron chi connectivity index (χ0n) is 20.7. The molecule has 35 heavy (non-hydrogen) atoms. The van der Waals surface area contributed by atoms with Crippen LogP contribution in [0.2, 0.25) is 0 Å². The van der Waals surface area contributed by atoms with Crippen LogP contribution in [-0.4, -0.2) is 26.2 Å². The van der Waals surface area contributed by atoms with Crippen LogP contribution in [0.3, 0.4) is 0 Å². The predicted octanol–water partition coefficient (Wildman–Crippen LogP) is 6.67. The average molecular weight is 463 g/mol. The van der Waals surface area contributed by atoms with Gasteiger partial charge < -0.3 is 0 Å². The van der Waals surface area contributed by atoms with Crippen LogP contribution in [0, 0.1) is 12.8 Å². The van der Waals surface area contributed by atoms with E-state index in [1.54, 1.807) is 0 Å². The maximum atomic E-state index is 5.00. The smallest absolute Gasteiger partial charge is 0.0784 e. The molecule has 2 aromatic heterocycles. The predicted molar refractivity (Wildman–Crippen MR) is 142 cm³/mol. The molecule has 6 rings (SSSR count). The normalized spacial score (nSPS) is 16.1. The minimum atomic E-state index is 0.778. The lowest BCUT2D eigenvalue weighted by atomic mass is 9.98. The lowest BCUT2D eigenvalue weighted by molar-refractivity contribution is 0.288.